The Hall–Kier alpha value is -3.40. The monoisotopic (exact) mass is 573 g/mol. The number of carbonyl (C=O) groups is 2. The van der Waals surface area contributed by atoms with E-state index in [1.54, 1.807) is 24.3 Å². The molecule has 2 N–H and O–H groups in total. The van der Waals surface area contributed by atoms with E-state index in [1.165, 1.54) is 32.2 Å². The highest BCUT2D eigenvalue weighted by atomic mass is 16.5. The average Bonchev–Trinajstić information content (AvgIpc) is 3.94. The number of likely N-dealkylation sites (tertiary alicyclic amines) is 1. The molecule has 1 saturated heterocycles. The molecule has 7 rings (SSSR count). The third kappa shape index (κ3) is 5.41. The number of piperidine rings is 1. The lowest BCUT2D eigenvalue weighted by molar-refractivity contribution is -0.122. The Kier molecular flexibility index (Phi) is 7.20. The minimum Gasteiger partial charge on any atom is -0.495 e. The van der Waals surface area contributed by atoms with Crippen LogP contribution in [0.4, 0.5) is 23.1 Å². The first-order valence-corrected chi connectivity index (χ1v) is 15.8. The van der Waals surface area contributed by atoms with Crippen molar-refractivity contribution >= 4 is 35.0 Å². The molecule has 10 heteroatoms. The smallest absolute Gasteiger partial charge is 0.251 e. The third-order valence-corrected chi connectivity index (χ3v) is 10.1. The molecule has 1 aromatic heterocycles. The first-order valence-electron chi connectivity index (χ1n) is 15.8. The van der Waals surface area contributed by atoms with Crippen molar-refractivity contribution in [1.29, 1.82) is 0 Å². The van der Waals surface area contributed by atoms with Crippen molar-refractivity contribution in [2.75, 3.05) is 55.5 Å². The Labute approximate surface area is 248 Å². The Balaban J connectivity index is 1.07. The number of rotatable bonds is 8. The number of hydrogen-bond donors (Lipinski definition) is 2. The number of amides is 2. The summed E-state index contributed by atoms with van der Waals surface area (Å²) in [6, 6.07) is 6.04. The zero-order valence-electron chi connectivity index (χ0n) is 24.9. The molecule has 2 aliphatic heterocycles. The number of nitrogens with zero attached hydrogens (tertiary/aromatic N) is 5. The SMILES string of the molecule is COc1cc(C(=O)NC2CCN(CC3CC3)CC2)ccc1Nc1ncc2c(n1)N(C1CCCC1)CC1(CC1)C(=O)N2C. The molecule has 0 unspecified atom stereocenters. The first kappa shape index (κ1) is 27.4. The topological polar surface area (TPSA) is 103 Å². The van der Waals surface area contributed by atoms with E-state index in [0.717, 1.165) is 75.6 Å². The van der Waals surface area contributed by atoms with Crippen LogP contribution < -0.4 is 25.2 Å². The Morgan fingerprint density at radius 2 is 1.86 bits per heavy atom. The zero-order chi connectivity index (χ0) is 28.8. The molecule has 2 amide bonds. The highest BCUT2D eigenvalue weighted by Gasteiger charge is 2.55. The summed E-state index contributed by atoms with van der Waals surface area (Å²) in [7, 11) is 3.45. The second-order valence-electron chi connectivity index (χ2n) is 13.1. The van der Waals surface area contributed by atoms with Gasteiger partial charge in [0.1, 0.15) is 11.4 Å². The molecule has 42 heavy (non-hydrogen) atoms. The predicted molar refractivity (Wildman–Crippen MR) is 163 cm³/mol. The fraction of sp³-hybridized carbons (Fsp3) is 0.625. The van der Waals surface area contributed by atoms with E-state index in [9.17, 15) is 9.59 Å². The lowest BCUT2D eigenvalue weighted by Crippen LogP contribution is -2.45. The summed E-state index contributed by atoms with van der Waals surface area (Å²) in [6.07, 6.45) is 13.0. The minimum absolute atomic E-state index is 0.0734. The Bertz CT molecular complexity index is 1340. The van der Waals surface area contributed by atoms with Gasteiger partial charge in [0.05, 0.1) is 24.4 Å². The van der Waals surface area contributed by atoms with Gasteiger partial charge in [-0.1, -0.05) is 12.8 Å². The summed E-state index contributed by atoms with van der Waals surface area (Å²) >= 11 is 0. The van der Waals surface area contributed by atoms with Crippen LogP contribution in [0.3, 0.4) is 0 Å². The van der Waals surface area contributed by atoms with E-state index in [2.05, 4.69) is 25.4 Å². The van der Waals surface area contributed by atoms with Gasteiger partial charge in [-0.15, -0.1) is 0 Å². The number of ether oxygens (including phenoxy) is 1. The van der Waals surface area contributed by atoms with Gasteiger partial charge in [-0.25, -0.2) is 4.98 Å². The summed E-state index contributed by atoms with van der Waals surface area (Å²) in [5, 5.41) is 6.56. The van der Waals surface area contributed by atoms with Crippen molar-refractivity contribution in [1.82, 2.24) is 20.2 Å². The van der Waals surface area contributed by atoms with Crippen molar-refractivity contribution < 1.29 is 14.3 Å². The summed E-state index contributed by atoms with van der Waals surface area (Å²) in [4.78, 5) is 42.7. The highest BCUT2D eigenvalue weighted by molar-refractivity contribution is 6.03. The summed E-state index contributed by atoms with van der Waals surface area (Å²) in [5.74, 6) is 2.81. The van der Waals surface area contributed by atoms with Crippen molar-refractivity contribution in [2.24, 2.45) is 11.3 Å². The average molecular weight is 574 g/mol. The summed E-state index contributed by atoms with van der Waals surface area (Å²) in [5.41, 5.74) is 1.73. The molecule has 10 nitrogen and oxygen atoms in total. The van der Waals surface area contributed by atoms with Gasteiger partial charge in [0, 0.05) is 50.9 Å². The normalized spacial score (nSPS) is 22.7. The number of benzene rings is 1. The number of carbonyl (C=O) groups excluding carboxylic acids is 2. The van der Waals surface area contributed by atoms with E-state index in [1.807, 2.05) is 19.2 Å². The van der Waals surface area contributed by atoms with Gasteiger partial charge < -0.3 is 30.1 Å². The lowest BCUT2D eigenvalue weighted by atomic mass is 10.0. The van der Waals surface area contributed by atoms with Crippen molar-refractivity contribution in [2.45, 2.75) is 76.3 Å². The second kappa shape index (κ2) is 11.0. The summed E-state index contributed by atoms with van der Waals surface area (Å²) < 4.78 is 5.69. The fourth-order valence-corrected chi connectivity index (χ4v) is 7.10. The van der Waals surface area contributed by atoms with Gasteiger partial charge >= 0.3 is 0 Å². The second-order valence-corrected chi connectivity index (χ2v) is 13.1. The van der Waals surface area contributed by atoms with Crippen LogP contribution in [0, 0.1) is 11.3 Å². The van der Waals surface area contributed by atoms with Crippen LogP contribution in [0.1, 0.15) is 74.6 Å². The van der Waals surface area contributed by atoms with Gasteiger partial charge in [0.15, 0.2) is 5.82 Å². The molecule has 1 spiro atoms. The largest absolute Gasteiger partial charge is 0.495 e. The molecule has 0 bridgehead atoms. The molecule has 5 aliphatic rings. The number of fused-ring (bicyclic) bond motifs is 1. The maximum atomic E-state index is 13.4. The number of anilines is 4. The van der Waals surface area contributed by atoms with E-state index in [0.29, 0.717) is 29.0 Å². The van der Waals surface area contributed by atoms with Gasteiger partial charge in [0.2, 0.25) is 11.9 Å². The number of nitrogens with one attached hydrogen (secondary N) is 2. The first-order chi connectivity index (χ1) is 20.4. The number of methoxy groups -OCH3 is 1. The van der Waals surface area contributed by atoms with Crippen LogP contribution in [-0.4, -0.2) is 79.1 Å². The standard InChI is InChI=1S/C32H43N7O3/c1-37-26-18-33-31(36-28(26)39(24-5-3-4-6-24)20-32(13-14-32)30(37)41)35-25-10-9-22(17-27(25)42-2)29(40)34-23-11-15-38(16-12-23)19-21-7-8-21/h9-10,17-18,21,23-24H,3-8,11-16,19-20H2,1-2H3,(H,34,40)(H,33,35,36). The summed E-state index contributed by atoms with van der Waals surface area (Å²) in [6.45, 7) is 4.04. The van der Waals surface area contributed by atoms with E-state index in [-0.39, 0.29) is 23.3 Å². The predicted octanol–water partition coefficient (Wildman–Crippen LogP) is 4.34. The lowest BCUT2D eigenvalue weighted by Gasteiger charge is -2.32. The molecule has 1 aromatic carbocycles. The van der Waals surface area contributed by atoms with Crippen LogP contribution >= 0.6 is 0 Å². The maximum absolute atomic E-state index is 13.4. The Morgan fingerprint density at radius 3 is 2.55 bits per heavy atom. The van der Waals surface area contributed by atoms with E-state index >= 15 is 0 Å². The molecule has 224 valence electrons. The van der Waals surface area contributed by atoms with Crippen LogP contribution in [0.5, 0.6) is 5.75 Å². The molecule has 3 saturated carbocycles. The van der Waals surface area contributed by atoms with Crippen LogP contribution in [0.25, 0.3) is 0 Å². The molecular weight excluding hydrogens is 530 g/mol. The zero-order valence-corrected chi connectivity index (χ0v) is 24.9. The van der Waals surface area contributed by atoms with Crippen molar-refractivity contribution in [3.8, 4) is 5.75 Å². The van der Waals surface area contributed by atoms with Gasteiger partial charge in [-0.05, 0) is 75.5 Å². The van der Waals surface area contributed by atoms with Crippen molar-refractivity contribution in [3.05, 3.63) is 30.0 Å². The van der Waals surface area contributed by atoms with Crippen molar-refractivity contribution in [3.63, 3.8) is 0 Å². The van der Waals surface area contributed by atoms with Gasteiger partial charge in [0.25, 0.3) is 5.91 Å². The maximum Gasteiger partial charge on any atom is 0.251 e. The molecule has 3 heterocycles. The Morgan fingerprint density at radius 1 is 1.10 bits per heavy atom. The van der Waals surface area contributed by atoms with E-state index in [4.69, 9.17) is 9.72 Å². The minimum atomic E-state index is -0.293. The number of hydrogen-bond acceptors (Lipinski definition) is 8. The molecule has 4 fully saturated rings. The number of aromatic nitrogens is 2. The van der Waals surface area contributed by atoms with Crippen LogP contribution in [0.2, 0.25) is 0 Å². The highest BCUT2D eigenvalue weighted by Crippen LogP contribution is 2.52. The van der Waals surface area contributed by atoms with E-state index < -0.39 is 0 Å². The molecule has 2 aromatic rings. The molecule has 3 aliphatic carbocycles. The van der Waals surface area contributed by atoms with Gasteiger partial charge in [-0.2, -0.15) is 4.98 Å². The van der Waals surface area contributed by atoms with Crippen LogP contribution in [-0.2, 0) is 4.79 Å². The third-order valence-electron chi connectivity index (χ3n) is 10.1. The molecular formula is C32H43N7O3. The van der Waals surface area contributed by atoms with Crippen LogP contribution in [0.15, 0.2) is 24.4 Å². The quantitative estimate of drug-likeness (QED) is 0.481. The molecule has 0 radical (unpaired) electrons. The fourth-order valence-electron chi connectivity index (χ4n) is 7.10. The molecule has 0 atom stereocenters. The van der Waals surface area contributed by atoms with Gasteiger partial charge in [-0.3, -0.25) is 9.59 Å².